The molecule has 0 heteroatoms. The van der Waals surface area contributed by atoms with Gasteiger partial charge in [0.25, 0.3) is 0 Å². The van der Waals surface area contributed by atoms with Gasteiger partial charge >= 0.3 is 0 Å². The van der Waals surface area contributed by atoms with E-state index in [0.717, 1.165) is 19.3 Å². The Morgan fingerprint density at radius 1 is 1.00 bits per heavy atom. The molecule has 85 valence electrons. The van der Waals surface area contributed by atoms with Gasteiger partial charge in [0, 0.05) is 0 Å². The van der Waals surface area contributed by atoms with E-state index in [9.17, 15) is 0 Å². The van der Waals surface area contributed by atoms with Gasteiger partial charge in [0.1, 0.15) is 0 Å². The zero-order chi connectivity index (χ0) is 11.8. The molecule has 0 aromatic heterocycles. The van der Waals surface area contributed by atoms with Crippen LogP contribution in [0.15, 0.2) is 30.3 Å². The van der Waals surface area contributed by atoms with Crippen molar-refractivity contribution in [1.29, 1.82) is 0 Å². The molecule has 0 nitrogen and oxygen atoms in total. The summed E-state index contributed by atoms with van der Waals surface area (Å²) in [6.07, 6.45) is 3.25. The molecule has 1 aliphatic carbocycles. The van der Waals surface area contributed by atoms with Crippen molar-refractivity contribution < 1.29 is 0 Å². The van der Waals surface area contributed by atoms with Crippen LogP contribution in [0.2, 0.25) is 0 Å². The lowest BCUT2D eigenvalue weighted by Crippen LogP contribution is -1.85. The van der Waals surface area contributed by atoms with Crippen LogP contribution in [0, 0.1) is 6.07 Å². The minimum absolute atomic E-state index is 1.05. The Labute approximate surface area is 103 Å². The summed E-state index contributed by atoms with van der Waals surface area (Å²) in [7, 11) is 0. The highest BCUT2D eigenvalue weighted by atomic mass is 14.2. The number of hydrogen-bond donors (Lipinski definition) is 0. The van der Waals surface area contributed by atoms with Crippen LogP contribution in [0.25, 0.3) is 11.1 Å². The van der Waals surface area contributed by atoms with Crippen LogP contribution in [0.5, 0.6) is 0 Å². The molecule has 0 aliphatic heterocycles. The number of benzene rings is 2. The minimum Gasteiger partial charge on any atom is -0.0613 e. The van der Waals surface area contributed by atoms with E-state index in [-0.39, 0.29) is 0 Å². The van der Waals surface area contributed by atoms with E-state index in [1.54, 1.807) is 0 Å². The van der Waals surface area contributed by atoms with Crippen molar-refractivity contribution in [2.24, 2.45) is 0 Å². The maximum Gasteiger partial charge on any atom is -0.000728 e. The van der Waals surface area contributed by atoms with E-state index >= 15 is 0 Å². The quantitative estimate of drug-likeness (QED) is 0.609. The van der Waals surface area contributed by atoms with Crippen LogP contribution in [0.3, 0.4) is 0 Å². The van der Waals surface area contributed by atoms with E-state index in [1.807, 2.05) is 0 Å². The van der Waals surface area contributed by atoms with Crippen LogP contribution < -0.4 is 0 Å². The standard InChI is InChI=1S/C17H17/c1-3-12-5-7-14-11-15-8-6-13(4-2)10-17(15)16(14)9-12/h5-7,9-10H,3-4,11H2,1-2H3. The Morgan fingerprint density at radius 3 is 2.53 bits per heavy atom. The average Bonchev–Trinajstić information content (AvgIpc) is 2.75. The molecule has 0 amide bonds. The summed E-state index contributed by atoms with van der Waals surface area (Å²) < 4.78 is 0. The van der Waals surface area contributed by atoms with Crippen molar-refractivity contribution in [2.45, 2.75) is 33.1 Å². The third-order valence-electron chi connectivity index (χ3n) is 3.73. The molecule has 0 heterocycles. The van der Waals surface area contributed by atoms with Gasteiger partial charge in [-0.15, -0.1) is 0 Å². The van der Waals surface area contributed by atoms with Crippen molar-refractivity contribution in [3.05, 3.63) is 58.7 Å². The zero-order valence-corrected chi connectivity index (χ0v) is 10.5. The van der Waals surface area contributed by atoms with E-state index in [2.05, 4.69) is 50.2 Å². The van der Waals surface area contributed by atoms with Crippen LogP contribution >= 0.6 is 0 Å². The normalized spacial score (nSPS) is 12.4. The smallest absolute Gasteiger partial charge is 0.000728 e. The predicted molar refractivity (Wildman–Crippen MR) is 72.3 cm³/mol. The van der Waals surface area contributed by atoms with Crippen LogP contribution in [0.4, 0.5) is 0 Å². The molecule has 0 N–H and O–H groups in total. The minimum atomic E-state index is 1.05. The van der Waals surface area contributed by atoms with Gasteiger partial charge in [0.2, 0.25) is 0 Å². The van der Waals surface area contributed by atoms with Crippen molar-refractivity contribution in [3.63, 3.8) is 0 Å². The Bertz CT molecular complexity index is 513. The number of fused-ring (bicyclic) bond motifs is 3. The van der Waals surface area contributed by atoms with Gasteiger partial charge < -0.3 is 0 Å². The van der Waals surface area contributed by atoms with Gasteiger partial charge in [0.15, 0.2) is 0 Å². The lowest BCUT2D eigenvalue weighted by atomic mass is 10.00. The summed E-state index contributed by atoms with van der Waals surface area (Å²) in [5, 5.41) is 0. The van der Waals surface area contributed by atoms with Gasteiger partial charge in [0.05, 0.1) is 0 Å². The zero-order valence-electron chi connectivity index (χ0n) is 10.5. The molecule has 0 bridgehead atoms. The van der Waals surface area contributed by atoms with Crippen LogP contribution in [0.1, 0.15) is 36.1 Å². The van der Waals surface area contributed by atoms with Crippen molar-refractivity contribution in [3.8, 4) is 11.1 Å². The highest BCUT2D eigenvalue weighted by molar-refractivity contribution is 5.77. The van der Waals surface area contributed by atoms with E-state index < -0.39 is 0 Å². The van der Waals surface area contributed by atoms with Crippen LogP contribution in [-0.4, -0.2) is 0 Å². The molecule has 0 unspecified atom stereocenters. The second-order valence-corrected chi connectivity index (χ2v) is 4.78. The summed E-state index contributed by atoms with van der Waals surface area (Å²) in [5.74, 6) is 0. The molecule has 0 spiro atoms. The first kappa shape index (κ1) is 10.6. The third kappa shape index (κ3) is 1.68. The molecular weight excluding hydrogens is 204 g/mol. The molecule has 0 atom stereocenters. The Hall–Kier alpha value is -1.56. The lowest BCUT2D eigenvalue weighted by Gasteiger charge is -2.05. The highest BCUT2D eigenvalue weighted by Gasteiger charge is 2.18. The highest BCUT2D eigenvalue weighted by Crippen LogP contribution is 2.37. The largest absolute Gasteiger partial charge is 0.0613 e. The van der Waals surface area contributed by atoms with Crippen molar-refractivity contribution in [2.75, 3.05) is 0 Å². The van der Waals surface area contributed by atoms with Crippen molar-refractivity contribution >= 4 is 0 Å². The summed E-state index contributed by atoms with van der Waals surface area (Å²) in [5.41, 5.74) is 8.49. The summed E-state index contributed by atoms with van der Waals surface area (Å²) in [6, 6.07) is 14.8. The SMILES string of the molecule is CCc1c[c]c2c(c1)-c1cc(CC)ccc1C2. The molecule has 0 saturated carbocycles. The molecular formula is C17H17. The second-order valence-electron chi connectivity index (χ2n) is 4.78. The molecule has 17 heavy (non-hydrogen) atoms. The molecule has 0 fully saturated rings. The van der Waals surface area contributed by atoms with Gasteiger partial charge in [-0.05, 0) is 58.7 Å². The van der Waals surface area contributed by atoms with Gasteiger partial charge in [-0.2, -0.15) is 0 Å². The molecule has 3 rings (SSSR count). The first-order valence-corrected chi connectivity index (χ1v) is 6.47. The predicted octanol–water partition coefficient (Wildman–Crippen LogP) is 4.18. The summed E-state index contributed by atoms with van der Waals surface area (Å²) >= 11 is 0. The molecule has 1 radical (unpaired) electrons. The topological polar surface area (TPSA) is 0 Å². The van der Waals surface area contributed by atoms with E-state index in [0.29, 0.717) is 0 Å². The second kappa shape index (κ2) is 4.03. The first-order valence-electron chi connectivity index (χ1n) is 6.47. The molecule has 1 aliphatic rings. The Morgan fingerprint density at radius 2 is 1.76 bits per heavy atom. The molecule has 2 aromatic rings. The number of hydrogen-bond acceptors (Lipinski definition) is 0. The fourth-order valence-electron chi connectivity index (χ4n) is 2.60. The maximum absolute atomic E-state index is 3.45. The maximum atomic E-state index is 3.45. The van der Waals surface area contributed by atoms with E-state index in [4.69, 9.17) is 0 Å². The number of rotatable bonds is 2. The van der Waals surface area contributed by atoms with Gasteiger partial charge in [-0.25, -0.2) is 0 Å². The van der Waals surface area contributed by atoms with Crippen LogP contribution in [-0.2, 0) is 19.3 Å². The third-order valence-corrected chi connectivity index (χ3v) is 3.73. The van der Waals surface area contributed by atoms with E-state index in [1.165, 1.54) is 33.4 Å². The summed E-state index contributed by atoms with van der Waals surface area (Å²) in [4.78, 5) is 0. The molecule has 2 aromatic carbocycles. The van der Waals surface area contributed by atoms with Gasteiger partial charge in [-0.3, -0.25) is 0 Å². The fourth-order valence-corrected chi connectivity index (χ4v) is 2.60. The average molecular weight is 221 g/mol. The lowest BCUT2D eigenvalue weighted by molar-refractivity contribution is 1.13. The Balaban J connectivity index is 2.17. The van der Waals surface area contributed by atoms with Crippen molar-refractivity contribution in [1.82, 2.24) is 0 Å². The monoisotopic (exact) mass is 221 g/mol. The fraction of sp³-hybridized carbons (Fsp3) is 0.294. The first-order chi connectivity index (χ1) is 8.31. The molecule has 0 saturated heterocycles. The summed E-state index contributed by atoms with van der Waals surface area (Å²) in [6.45, 7) is 4.42. The number of aryl methyl sites for hydroxylation is 2. The van der Waals surface area contributed by atoms with Gasteiger partial charge in [-0.1, -0.05) is 44.2 Å². The Kier molecular flexibility index (Phi) is 2.51.